The minimum absolute atomic E-state index is 0.526. The van der Waals surface area contributed by atoms with Crippen LogP contribution in [0.2, 0.25) is 0 Å². The minimum atomic E-state index is 0.526. The van der Waals surface area contributed by atoms with E-state index in [4.69, 9.17) is 5.73 Å². The Morgan fingerprint density at radius 2 is 1.65 bits per heavy atom. The number of nitrogen functional groups attached to an aromatic ring is 1. The van der Waals surface area contributed by atoms with E-state index in [0.29, 0.717) is 11.7 Å². The van der Waals surface area contributed by atoms with Crippen molar-refractivity contribution in [3.05, 3.63) is 42.1 Å². The molecule has 0 saturated heterocycles. The molecule has 0 radical (unpaired) electrons. The summed E-state index contributed by atoms with van der Waals surface area (Å²) in [5.41, 5.74) is 8.49. The normalized spacial score (nSPS) is 10.8. The topological polar surface area (TPSA) is 51.8 Å². The summed E-state index contributed by atoms with van der Waals surface area (Å²) in [5.74, 6) is 1.13. The average molecular weight is 227 g/mol. The van der Waals surface area contributed by atoms with E-state index in [1.165, 1.54) is 0 Å². The van der Waals surface area contributed by atoms with Crippen LogP contribution in [0.1, 0.15) is 19.5 Å². The van der Waals surface area contributed by atoms with Crippen molar-refractivity contribution in [1.29, 1.82) is 0 Å². The van der Waals surface area contributed by atoms with Gasteiger partial charge in [-0.1, -0.05) is 26.0 Å². The van der Waals surface area contributed by atoms with E-state index in [1.807, 2.05) is 24.3 Å². The van der Waals surface area contributed by atoms with E-state index in [1.54, 1.807) is 6.07 Å². The van der Waals surface area contributed by atoms with Gasteiger partial charge in [0.1, 0.15) is 5.82 Å². The fraction of sp³-hybridized carbons (Fsp3) is 0.286. The highest BCUT2D eigenvalue weighted by molar-refractivity contribution is 5.56. The maximum Gasteiger partial charge on any atom is 0.124 e. The standard InChI is InChI=1S/C14H17N3/c1-10(2)9-11-5-3-6-12(16-11)13-7-4-8-14(15)17-13/h3-8,10H,9H2,1-2H3,(H2,15,17). The molecule has 2 N–H and O–H groups in total. The molecular weight excluding hydrogens is 210 g/mol. The number of rotatable bonds is 3. The van der Waals surface area contributed by atoms with Crippen LogP contribution in [0.3, 0.4) is 0 Å². The van der Waals surface area contributed by atoms with Gasteiger partial charge in [0, 0.05) is 5.69 Å². The van der Waals surface area contributed by atoms with Gasteiger partial charge in [-0.2, -0.15) is 0 Å². The Kier molecular flexibility index (Phi) is 3.38. The Bertz CT molecular complexity index is 506. The molecule has 0 saturated carbocycles. The third-order valence-corrected chi connectivity index (χ3v) is 2.46. The number of hydrogen-bond acceptors (Lipinski definition) is 3. The summed E-state index contributed by atoms with van der Waals surface area (Å²) < 4.78 is 0. The molecule has 0 amide bonds. The van der Waals surface area contributed by atoms with Crippen LogP contribution in [0.5, 0.6) is 0 Å². The molecule has 3 nitrogen and oxygen atoms in total. The first-order valence-corrected chi connectivity index (χ1v) is 5.84. The van der Waals surface area contributed by atoms with Gasteiger partial charge in [0.2, 0.25) is 0 Å². The second kappa shape index (κ2) is 4.95. The van der Waals surface area contributed by atoms with Gasteiger partial charge in [-0.3, -0.25) is 4.98 Å². The molecule has 0 aliphatic carbocycles. The van der Waals surface area contributed by atoms with E-state index >= 15 is 0 Å². The van der Waals surface area contributed by atoms with E-state index in [2.05, 4.69) is 29.9 Å². The van der Waals surface area contributed by atoms with E-state index in [0.717, 1.165) is 23.5 Å². The summed E-state index contributed by atoms with van der Waals surface area (Å²) in [6.45, 7) is 4.38. The van der Waals surface area contributed by atoms with Crippen LogP contribution in [0.15, 0.2) is 36.4 Å². The number of aromatic nitrogens is 2. The Hall–Kier alpha value is -1.90. The fourth-order valence-electron chi connectivity index (χ4n) is 1.75. The molecular formula is C14H17N3. The second-order valence-corrected chi connectivity index (χ2v) is 4.56. The van der Waals surface area contributed by atoms with Crippen molar-refractivity contribution >= 4 is 5.82 Å². The zero-order valence-electron chi connectivity index (χ0n) is 10.2. The van der Waals surface area contributed by atoms with Gasteiger partial charge >= 0.3 is 0 Å². The highest BCUT2D eigenvalue weighted by Gasteiger charge is 2.04. The smallest absolute Gasteiger partial charge is 0.124 e. The zero-order valence-corrected chi connectivity index (χ0v) is 10.2. The van der Waals surface area contributed by atoms with Crippen LogP contribution in [-0.4, -0.2) is 9.97 Å². The Morgan fingerprint density at radius 1 is 1.00 bits per heavy atom. The average Bonchev–Trinajstić information content (AvgIpc) is 2.28. The minimum Gasteiger partial charge on any atom is -0.384 e. The van der Waals surface area contributed by atoms with Crippen LogP contribution in [0.4, 0.5) is 5.82 Å². The third-order valence-electron chi connectivity index (χ3n) is 2.46. The SMILES string of the molecule is CC(C)Cc1cccc(-c2cccc(N)n2)n1. The van der Waals surface area contributed by atoms with Crippen LogP contribution in [0, 0.1) is 5.92 Å². The van der Waals surface area contributed by atoms with Crippen molar-refractivity contribution in [3.8, 4) is 11.4 Å². The molecule has 2 rings (SSSR count). The van der Waals surface area contributed by atoms with Gasteiger partial charge in [-0.25, -0.2) is 4.98 Å². The van der Waals surface area contributed by atoms with Crippen molar-refractivity contribution in [1.82, 2.24) is 9.97 Å². The Labute approximate surface area is 102 Å². The maximum absolute atomic E-state index is 5.68. The van der Waals surface area contributed by atoms with Gasteiger partial charge < -0.3 is 5.73 Å². The molecule has 0 bridgehead atoms. The number of anilines is 1. The third kappa shape index (κ3) is 3.03. The van der Waals surface area contributed by atoms with Crippen molar-refractivity contribution in [3.63, 3.8) is 0 Å². The Balaban J connectivity index is 2.33. The lowest BCUT2D eigenvalue weighted by molar-refractivity contribution is 0.636. The second-order valence-electron chi connectivity index (χ2n) is 4.56. The number of nitrogens with two attached hydrogens (primary N) is 1. The summed E-state index contributed by atoms with van der Waals surface area (Å²) in [5, 5.41) is 0. The first-order valence-electron chi connectivity index (χ1n) is 5.84. The monoisotopic (exact) mass is 227 g/mol. The molecule has 0 aliphatic heterocycles. The van der Waals surface area contributed by atoms with Gasteiger partial charge in [-0.15, -0.1) is 0 Å². The predicted molar refractivity (Wildman–Crippen MR) is 70.4 cm³/mol. The lowest BCUT2D eigenvalue weighted by Crippen LogP contribution is -1.99. The Morgan fingerprint density at radius 3 is 2.29 bits per heavy atom. The van der Waals surface area contributed by atoms with Crippen molar-refractivity contribution < 1.29 is 0 Å². The summed E-state index contributed by atoms with van der Waals surface area (Å²) >= 11 is 0. The molecule has 3 heteroatoms. The maximum atomic E-state index is 5.68. The molecule has 2 aromatic heterocycles. The number of hydrogen-bond donors (Lipinski definition) is 1. The molecule has 0 unspecified atom stereocenters. The summed E-state index contributed by atoms with van der Waals surface area (Å²) in [4.78, 5) is 8.89. The van der Waals surface area contributed by atoms with Crippen LogP contribution in [0.25, 0.3) is 11.4 Å². The van der Waals surface area contributed by atoms with Crippen LogP contribution < -0.4 is 5.73 Å². The first-order chi connectivity index (χ1) is 8.15. The van der Waals surface area contributed by atoms with Gasteiger partial charge in [0.15, 0.2) is 0 Å². The number of nitrogens with zero attached hydrogens (tertiary/aromatic N) is 2. The highest BCUT2D eigenvalue weighted by atomic mass is 14.9. The van der Waals surface area contributed by atoms with E-state index in [-0.39, 0.29) is 0 Å². The van der Waals surface area contributed by atoms with Crippen molar-refractivity contribution in [2.75, 3.05) is 5.73 Å². The van der Waals surface area contributed by atoms with E-state index in [9.17, 15) is 0 Å². The predicted octanol–water partition coefficient (Wildman–Crippen LogP) is 2.92. The molecule has 0 aliphatic rings. The lowest BCUT2D eigenvalue weighted by Gasteiger charge is -2.06. The van der Waals surface area contributed by atoms with Crippen molar-refractivity contribution in [2.24, 2.45) is 5.92 Å². The highest BCUT2D eigenvalue weighted by Crippen LogP contribution is 2.17. The molecule has 0 spiro atoms. The molecule has 2 aromatic rings. The summed E-state index contributed by atoms with van der Waals surface area (Å²) in [6, 6.07) is 11.6. The molecule has 2 heterocycles. The summed E-state index contributed by atoms with van der Waals surface area (Å²) in [7, 11) is 0. The molecule has 0 aromatic carbocycles. The van der Waals surface area contributed by atoms with Gasteiger partial charge in [0.25, 0.3) is 0 Å². The number of pyridine rings is 2. The summed E-state index contributed by atoms with van der Waals surface area (Å²) in [6.07, 6.45) is 0.982. The fourth-order valence-corrected chi connectivity index (χ4v) is 1.75. The van der Waals surface area contributed by atoms with Crippen LogP contribution in [-0.2, 0) is 6.42 Å². The van der Waals surface area contributed by atoms with E-state index < -0.39 is 0 Å². The van der Waals surface area contributed by atoms with Crippen LogP contribution >= 0.6 is 0 Å². The molecule has 0 fully saturated rings. The zero-order chi connectivity index (χ0) is 12.3. The van der Waals surface area contributed by atoms with Gasteiger partial charge in [-0.05, 0) is 36.6 Å². The quantitative estimate of drug-likeness (QED) is 0.877. The first kappa shape index (κ1) is 11.6. The van der Waals surface area contributed by atoms with Crippen molar-refractivity contribution in [2.45, 2.75) is 20.3 Å². The molecule has 17 heavy (non-hydrogen) atoms. The molecule has 0 atom stereocenters. The lowest BCUT2D eigenvalue weighted by atomic mass is 10.1. The van der Waals surface area contributed by atoms with Gasteiger partial charge in [0.05, 0.1) is 11.4 Å². The molecule has 88 valence electrons. The largest absolute Gasteiger partial charge is 0.384 e.